The molecule has 0 bridgehead atoms. The average molecular weight is 485 g/mol. The van der Waals surface area contributed by atoms with Gasteiger partial charge in [-0.1, -0.05) is 48.5 Å². The Morgan fingerprint density at radius 3 is 2.14 bits per heavy atom. The van der Waals surface area contributed by atoms with Gasteiger partial charge in [0.2, 0.25) is 0 Å². The minimum atomic E-state index is -0.554. The lowest BCUT2D eigenvalue weighted by Gasteiger charge is -2.72. The van der Waals surface area contributed by atoms with Crippen molar-refractivity contribution in [3.8, 4) is 0 Å². The second-order valence-corrected chi connectivity index (χ2v) is 15.7. The SMILES string of the molecule is CC1(C)CC[C@]2(CO)CC[C@]3(C)[C@H](C(=O)C[C@@H]4[C@@]5(C)CC(C=O)C(=O)C(C)(C)C5CC[C@]43C)[C@@H]2C1. The number of carbonyl (C=O) groups is 3. The Kier molecular flexibility index (Phi) is 5.50. The summed E-state index contributed by atoms with van der Waals surface area (Å²) in [6.45, 7) is 16.1. The number of aldehydes is 1. The summed E-state index contributed by atoms with van der Waals surface area (Å²) in [5.74, 6) is 0.590. The van der Waals surface area contributed by atoms with Crippen molar-refractivity contribution in [3.63, 3.8) is 0 Å². The van der Waals surface area contributed by atoms with Crippen molar-refractivity contribution in [2.45, 2.75) is 106 Å². The van der Waals surface area contributed by atoms with Crippen LogP contribution in [0.2, 0.25) is 0 Å². The monoisotopic (exact) mass is 484 g/mol. The highest BCUT2D eigenvalue weighted by atomic mass is 16.3. The summed E-state index contributed by atoms with van der Waals surface area (Å²) in [6, 6.07) is 0. The number of Topliss-reactive ketones (excluding diaryl/α,β-unsaturated/α-hetero) is 2. The van der Waals surface area contributed by atoms with Crippen LogP contribution in [0.25, 0.3) is 0 Å². The third-order valence-electron chi connectivity index (χ3n) is 13.4. The number of rotatable bonds is 2. The first-order valence-corrected chi connectivity index (χ1v) is 14.3. The second-order valence-electron chi connectivity index (χ2n) is 15.7. The highest BCUT2D eigenvalue weighted by Gasteiger charge is 2.72. The molecule has 0 aliphatic heterocycles. The number of hydrogen-bond acceptors (Lipinski definition) is 4. The summed E-state index contributed by atoms with van der Waals surface area (Å²) >= 11 is 0. The van der Waals surface area contributed by atoms with E-state index in [-0.39, 0.29) is 63.1 Å². The molecule has 0 heterocycles. The van der Waals surface area contributed by atoms with Crippen LogP contribution in [0.5, 0.6) is 0 Å². The van der Waals surface area contributed by atoms with Gasteiger partial charge in [0.25, 0.3) is 0 Å². The lowest BCUT2D eigenvalue weighted by molar-refractivity contribution is -0.239. The molecular formula is C31H48O4. The molecule has 1 N–H and O–H groups in total. The molecule has 0 aromatic rings. The Balaban J connectivity index is 1.60. The Bertz CT molecular complexity index is 950. The zero-order chi connectivity index (χ0) is 25.8. The maximum atomic E-state index is 14.3. The van der Waals surface area contributed by atoms with Gasteiger partial charge in [-0.3, -0.25) is 9.59 Å². The molecule has 5 aliphatic rings. The van der Waals surface area contributed by atoms with Crippen molar-refractivity contribution in [1.82, 2.24) is 0 Å². The minimum Gasteiger partial charge on any atom is -0.396 e. The first-order chi connectivity index (χ1) is 16.1. The van der Waals surface area contributed by atoms with E-state index in [1.807, 2.05) is 13.8 Å². The number of aliphatic hydroxyl groups excluding tert-OH is 1. The topological polar surface area (TPSA) is 71.4 Å². The molecule has 0 amide bonds. The highest BCUT2D eigenvalue weighted by molar-refractivity contribution is 5.98. The summed E-state index contributed by atoms with van der Waals surface area (Å²) in [6.07, 6.45) is 9.25. The molecule has 5 rings (SSSR count). The van der Waals surface area contributed by atoms with Crippen LogP contribution in [0, 0.1) is 62.1 Å². The maximum absolute atomic E-state index is 14.3. The van der Waals surface area contributed by atoms with Gasteiger partial charge in [-0.25, -0.2) is 0 Å². The molecule has 5 saturated carbocycles. The molecule has 0 aromatic heterocycles. The van der Waals surface area contributed by atoms with E-state index in [9.17, 15) is 19.5 Å². The summed E-state index contributed by atoms with van der Waals surface area (Å²) < 4.78 is 0. The van der Waals surface area contributed by atoms with E-state index in [0.717, 1.165) is 51.2 Å². The molecule has 0 saturated heterocycles. The zero-order valence-electron chi connectivity index (χ0n) is 23.2. The van der Waals surface area contributed by atoms with Crippen LogP contribution < -0.4 is 0 Å². The maximum Gasteiger partial charge on any atom is 0.148 e. The van der Waals surface area contributed by atoms with Gasteiger partial charge < -0.3 is 9.90 Å². The fourth-order valence-corrected chi connectivity index (χ4v) is 11.3. The van der Waals surface area contributed by atoms with Crippen LogP contribution in [0.4, 0.5) is 0 Å². The zero-order valence-corrected chi connectivity index (χ0v) is 23.2. The van der Waals surface area contributed by atoms with Gasteiger partial charge in [-0.2, -0.15) is 0 Å². The van der Waals surface area contributed by atoms with E-state index in [1.165, 1.54) is 0 Å². The van der Waals surface area contributed by atoms with Crippen molar-refractivity contribution in [3.05, 3.63) is 0 Å². The van der Waals surface area contributed by atoms with Crippen LogP contribution in [-0.2, 0) is 14.4 Å². The lowest BCUT2D eigenvalue weighted by Crippen LogP contribution is -2.69. The molecule has 35 heavy (non-hydrogen) atoms. The van der Waals surface area contributed by atoms with Crippen molar-refractivity contribution < 1.29 is 19.5 Å². The third-order valence-corrected chi connectivity index (χ3v) is 13.4. The van der Waals surface area contributed by atoms with E-state index in [1.54, 1.807) is 0 Å². The van der Waals surface area contributed by atoms with Crippen LogP contribution in [0.15, 0.2) is 0 Å². The van der Waals surface area contributed by atoms with Crippen molar-refractivity contribution in [1.29, 1.82) is 0 Å². The van der Waals surface area contributed by atoms with Gasteiger partial charge in [0.1, 0.15) is 17.9 Å². The lowest BCUT2D eigenvalue weighted by atomic mass is 9.31. The normalized spacial score (nSPS) is 52.5. The Morgan fingerprint density at radius 2 is 1.51 bits per heavy atom. The van der Waals surface area contributed by atoms with Gasteiger partial charge >= 0.3 is 0 Å². The molecule has 4 nitrogen and oxygen atoms in total. The first-order valence-electron chi connectivity index (χ1n) is 14.3. The molecule has 2 unspecified atom stereocenters. The molecular weight excluding hydrogens is 436 g/mol. The fraction of sp³-hybridized carbons (Fsp3) is 0.903. The molecule has 5 aliphatic carbocycles. The first kappa shape index (κ1) is 25.6. The van der Waals surface area contributed by atoms with Crippen molar-refractivity contribution >= 4 is 17.9 Å². The fourth-order valence-electron chi connectivity index (χ4n) is 11.3. The van der Waals surface area contributed by atoms with E-state index >= 15 is 0 Å². The number of ketones is 2. The predicted octanol–water partition coefficient (Wildman–Crippen LogP) is 6.03. The Labute approximate surface area is 212 Å². The number of hydrogen-bond donors (Lipinski definition) is 1. The molecule has 0 spiro atoms. The quantitative estimate of drug-likeness (QED) is 0.383. The van der Waals surface area contributed by atoms with E-state index in [4.69, 9.17) is 0 Å². The molecule has 0 aromatic carbocycles. The van der Waals surface area contributed by atoms with Crippen LogP contribution in [-0.4, -0.2) is 29.6 Å². The van der Waals surface area contributed by atoms with Gasteiger partial charge in [-0.15, -0.1) is 0 Å². The smallest absolute Gasteiger partial charge is 0.148 e. The molecule has 5 fully saturated rings. The van der Waals surface area contributed by atoms with Crippen molar-refractivity contribution in [2.75, 3.05) is 6.61 Å². The summed E-state index contributed by atoms with van der Waals surface area (Å²) in [5.41, 5.74) is -0.761. The van der Waals surface area contributed by atoms with Gasteiger partial charge in [0, 0.05) is 24.4 Å². The number of aliphatic hydroxyl groups is 1. The molecule has 196 valence electrons. The molecule has 4 heteroatoms. The molecule has 0 radical (unpaired) electrons. The standard InChI is InChI=1S/C31H48O4/c1-26(2)10-12-31(18-33)13-11-30(7)24(20(31)16-26)21(34)14-23-28(5)15-19(17-32)25(35)27(3,4)22(28)8-9-29(23,30)6/h17,19-20,22-24,33H,8-16,18H2,1-7H3/t19?,20-,22?,23+,24-,28-,29+,30+,31+/m0/s1. The van der Waals surface area contributed by atoms with E-state index in [2.05, 4.69) is 34.6 Å². The molecule has 9 atom stereocenters. The number of fused-ring (bicyclic) bond motifs is 7. The Hall–Kier alpha value is -1.03. The van der Waals surface area contributed by atoms with Crippen LogP contribution in [0.1, 0.15) is 106 Å². The van der Waals surface area contributed by atoms with Gasteiger partial charge in [-0.05, 0) is 96.2 Å². The highest BCUT2D eigenvalue weighted by Crippen LogP contribution is 2.76. The van der Waals surface area contributed by atoms with Crippen LogP contribution in [0.3, 0.4) is 0 Å². The van der Waals surface area contributed by atoms with Gasteiger partial charge in [0.05, 0.1) is 5.92 Å². The average Bonchev–Trinajstić information content (AvgIpc) is 2.77. The minimum absolute atomic E-state index is 0.00414. The van der Waals surface area contributed by atoms with Crippen molar-refractivity contribution in [2.24, 2.45) is 62.1 Å². The van der Waals surface area contributed by atoms with Gasteiger partial charge in [0.15, 0.2) is 0 Å². The Morgan fingerprint density at radius 1 is 0.857 bits per heavy atom. The van der Waals surface area contributed by atoms with E-state index < -0.39 is 11.3 Å². The predicted molar refractivity (Wildman–Crippen MR) is 136 cm³/mol. The summed E-state index contributed by atoms with van der Waals surface area (Å²) in [4.78, 5) is 39.6. The van der Waals surface area contributed by atoms with Crippen LogP contribution >= 0.6 is 0 Å². The second kappa shape index (κ2) is 7.51. The summed E-state index contributed by atoms with van der Waals surface area (Å²) in [7, 11) is 0. The summed E-state index contributed by atoms with van der Waals surface area (Å²) in [5, 5.41) is 10.7. The number of carbonyl (C=O) groups excluding carboxylic acids is 3. The van der Waals surface area contributed by atoms with E-state index in [0.29, 0.717) is 18.6 Å². The third kappa shape index (κ3) is 3.10. The largest absolute Gasteiger partial charge is 0.396 e.